The van der Waals surface area contributed by atoms with E-state index in [4.69, 9.17) is 4.74 Å². The molecule has 7 nitrogen and oxygen atoms in total. The number of allylic oxidation sites excluding steroid dienone is 3. The lowest BCUT2D eigenvalue weighted by atomic mass is 10.0. The van der Waals surface area contributed by atoms with Crippen LogP contribution in [-0.4, -0.2) is 47.6 Å². The Morgan fingerprint density at radius 2 is 1.77 bits per heavy atom. The van der Waals surface area contributed by atoms with Gasteiger partial charge in [-0.05, 0) is 65.1 Å². The van der Waals surface area contributed by atoms with Crippen molar-refractivity contribution in [3.05, 3.63) is 123 Å². The minimum atomic E-state index is -1.000. The number of nitrogens with zero attached hydrogens (tertiary/aromatic N) is 2. The summed E-state index contributed by atoms with van der Waals surface area (Å²) < 4.78 is 33.4. The molecule has 39 heavy (non-hydrogen) atoms. The number of morpholine rings is 1. The normalized spacial score (nSPS) is 15.1. The first-order valence-corrected chi connectivity index (χ1v) is 12.7. The molecule has 2 heterocycles. The van der Waals surface area contributed by atoms with Crippen molar-refractivity contribution in [1.82, 2.24) is 14.8 Å². The largest absolute Gasteiger partial charge is 0.378 e. The molecule has 3 aromatic rings. The van der Waals surface area contributed by atoms with Crippen LogP contribution in [0.1, 0.15) is 33.5 Å². The van der Waals surface area contributed by atoms with E-state index in [-0.39, 0.29) is 24.6 Å². The van der Waals surface area contributed by atoms with Crippen molar-refractivity contribution in [3.63, 3.8) is 0 Å². The van der Waals surface area contributed by atoms with E-state index in [0.717, 1.165) is 34.4 Å². The first-order chi connectivity index (χ1) is 18.9. The molecule has 2 amide bonds. The maximum atomic E-state index is 13.6. The number of amides is 2. The number of benzene rings is 2. The van der Waals surface area contributed by atoms with Gasteiger partial charge < -0.3 is 19.5 Å². The van der Waals surface area contributed by atoms with Crippen molar-refractivity contribution in [3.8, 4) is 0 Å². The van der Waals surface area contributed by atoms with Crippen LogP contribution in [0.2, 0.25) is 0 Å². The van der Waals surface area contributed by atoms with Gasteiger partial charge >= 0.3 is 0 Å². The highest BCUT2D eigenvalue weighted by Gasteiger charge is 2.23. The number of ether oxygens (including phenoxy) is 1. The lowest BCUT2D eigenvalue weighted by Gasteiger charge is -2.27. The third-order valence-corrected chi connectivity index (χ3v) is 6.76. The summed E-state index contributed by atoms with van der Waals surface area (Å²) in [6.45, 7) is 2.49. The minimum Gasteiger partial charge on any atom is -0.378 e. The fourth-order valence-corrected chi connectivity index (χ4v) is 4.65. The van der Waals surface area contributed by atoms with E-state index >= 15 is 0 Å². The summed E-state index contributed by atoms with van der Waals surface area (Å²) in [5.41, 5.74) is 3.27. The molecule has 0 atom stereocenters. The van der Waals surface area contributed by atoms with Crippen molar-refractivity contribution in [1.29, 1.82) is 0 Å². The number of carbonyl (C=O) groups excluding carboxylic acids is 2. The maximum Gasteiger partial charge on any atom is 0.263 e. The Labute approximate surface area is 224 Å². The van der Waals surface area contributed by atoms with Gasteiger partial charge in [-0.2, -0.15) is 0 Å². The minimum absolute atomic E-state index is 0.00213. The van der Waals surface area contributed by atoms with Gasteiger partial charge in [-0.1, -0.05) is 30.3 Å². The molecule has 9 heteroatoms. The fourth-order valence-electron chi connectivity index (χ4n) is 4.65. The van der Waals surface area contributed by atoms with Gasteiger partial charge in [-0.15, -0.1) is 0 Å². The summed E-state index contributed by atoms with van der Waals surface area (Å²) >= 11 is 0. The van der Waals surface area contributed by atoms with Crippen LogP contribution in [0.4, 0.5) is 8.78 Å². The molecule has 2 aromatic carbocycles. The third kappa shape index (κ3) is 6.04. The fraction of sp³-hybridized carbons (Fsp3) is 0.233. The van der Waals surface area contributed by atoms with Crippen LogP contribution in [-0.2, 0) is 22.6 Å². The molecule has 1 N–H and O–H groups in total. The summed E-state index contributed by atoms with van der Waals surface area (Å²) in [7, 11) is 0. The highest BCUT2D eigenvalue weighted by Crippen LogP contribution is 2.28. The van der Waals surface area contributed by atoms with E-state index in [0.29, 0.717) is 38.3 Å². The second kappa shape index (κ2) is 11.6. The zero-order valence-corrected chi connectivity index (χ0v) is 21.2. The molecule has 1 aliphatic carbocycles. The van der Waals surface area contributed by atoms with E-state index in [1.54, 1.807) is 6.07 Å². The number of rotatable bonds is 7. The molecule has 200 valence electrons. The Bertz CT molecular complexity index is 1540. The molecule has 0 unspecified atom stereocenters. The summed E-state index contributed by atoms with van der Waals surface area (Å²) in [5.74, 6) is -2.47. The first-order valence-electron chi connectivity index (χ1n) is 12.7. The van der Waals surface area contributed by atoms with Gasteiger partial charge in [-0.3, -0.25) is 14.4 Å². The van der Waals surface area contributed by atoms with E-state index in [1.165, 1.54) is 22.9 Å². The Kier molecular flexibility index (Phi) is 7.79. The topological polar surface area (TPSA) is 80.6 Å². The molecule has 5 rings (SSSR count). The molecular formula is C30H27F2N3O4. The van der Waals surface area contributed by atoms with Crippen LogP contribution in [0.3, 0.4) is 0 Å². The second-order valence-electron chi connectivity index (χ2n) is 9.42. The molecule has 0 radical (unpaired) electrons. The molecule has 2 aliphatic rings. The summed E-state index contributed by atoms with van der Waals surface area (Å²) in [4.78, 5) is 40.3. The van der Waals surface area contributed by atoms with Crippen LogP contribution >= 0.6 is 0 Å². The van der Waals surface area contributed by atoms with Gasteiger partial charge in [0.15, 0.2) is 11.6 Å². The van der Waals surface area contributed by atoms with Gasteiger partial charge in [0, 0.05) is 31.4 Å². The monoisotopic (exact) mass is 531 g/mol. The quantitative estimate of drug-likeness (QED) is 0.505. The van der Waals surface area contributed by atoms with Crippen LogP contribution in [0.25, 0.3) is 5.57 Å². The number of halogens is 2. The molecule has 0 spiro atoms. The zero-order chi connectivity index (χ0) is 27.4. The van der Waals surface area contributed by atoms with Crippen molar-refractivity contribution in [2.45, 2.75) is 19.5 Å². The second-order valence-corrected chi connectivity index (χ2v) is 9.42. The van der Waals surface area contributed by atoms with Gasteiger partial charge in [-0.25, -0.2) is 8.78 Å². The molecule has 0 bridgehead atoms. The van der Waals surface area contributed by atoms with Crippen molar-refractivity contribution in [2.24, 2.45) is 0 Å². The average Bonchev–Trinajstić information content (AvgIpc) is 3.46. The SMILES string of the molecule is O=C(NCc1cccc(C2=CCC(C(=O)N3CCOCC3)=C2)c1)c1cccn(Cc2ccc(F)c(F)c2)c1=O. The van der Waals surface area contributed by atoms with Crippen LogP contribution in [0, 0.1) is 11.6 Å². The summed E-state index contributed by atoms with van der Waals surface area (Å²) in [6, 6.07) is 14.0. The lowest BCUT2D eigenvalue weighted by Crippen LogP contribution is -2.41. The Balaban J connectivity index is 1.23. The summed E-state index contributed by atoms with van der Waals surface area (Å²) in [6.07, 6.45) is 5.99. The van der Waals surface area contributed by atoms with Crippen molar-refractivity contribution < 1.29 is 23.1 Å². The van der Waals surface area contributed by atoms with E-state index < -0.39 is 23.1 Å². The standard InChI is InChI=1S/C30H27F2N3O4/c31-26-9-6-21(16-27(26)32)19-35-10-2-5-25(30(35)38)28(36)33-18-20-3-1-4-22(15-20)23-7-8-24(17-23)29(37)34-11-13-39-14-12-34/h1-7,9-10,15-17H,8,11-14,18-19H2,(H,33,36). The first kappa shape index (κ1) is 26.2. The smallest absolute Gasteiger partial charge is 0.263 e. The number of nitrogens with one attached hydrogen (secondary N) is 1. The molecule has 1 aromatic heterocycles. The van der Waals surface area contributed by atoms with Crippen molar-refractivity contribution >= 4 is 17.4 Å². The summed E-state index contributed by atoms with van der Waals surface area (Å²) in [5, 5.41) is 2.78. The number of hydrogen-bond donors (Lipinski definition) is 1. The van der Waals surface area contributed by atoms with Crippen molar-refractivity contribution in [2.75, 3.05) is 26.3 Å². The van der Waals surface area contributed by atoms with E-state index in [9.17, 15) is 23.2 Å². The highest BCUT2D eigenvalue weighted by atomic mass is 19.2. The predicted octanol–water partition coefficient (Wildman–Crippen LogP) is 3.68. The molecule has 1 fully saturated rings. The highest BCUT2D eigenvalue weighted by molar-refractivity contribution is 5.99. The van der Waals surface area contributed by atoms with Crippen LogP contribution < -0.4 is 10.9 Å². The predicted molar refractivity (Wildman–Crippen MR) is 142 cm³/mol. The third-order valence-electron chi connectivity index (χ3n) is 6.76. The van der Waals surface area contributed by atoms with E-state index in [2.05, 4.69) is 5.32 Å². The zero-order valence-electron chi connectivity index (χ0n) is 21.2. The van der Waals surface area contributed by atoms with Gasteiger partial charge in [0.05, 0.1) is 19.8 Å². The Hall–Kier alpha value is -4.37. The van der Waals surface area contributed by atoms with Gasteiger partial charge in [0.1, 0.15) is 5.56 Å². The van der Waals surface area contributed by atoms with Crippen LogP contribution in [0.5, 0.6) is 0 Å². The Morgan fingerprint density at radius 1 is 0.949 bits per heavy atom. The molecule has 1 saturated heterocycles. The van der Waals surface area contributed by atoms with Gasteiger partial charge in [0.2, 0.25) is 5.91 Å². The van der Waals surface area contributed by atoms with Crippen LogP contribution in [0.15, 0.2) is 83.3 Å². The number of hydrogen-bond acceptors (Lipinski definition) is 4. The lowest BCUT2D eigenvalue weighted by molar-refractivity contribution is -0.131. The van der Waals surface area contributed by atoms with E-state index in [1.807, 2.05) is 41.3 Å². The molecule has 0 saturated carbocycles. The average molecular weight is 532 g/mol. The number of pyridine rings is 1. The van der Waals surface area contributed by atoms with Gasteiger partial charge in [0.25, 0.3) is 11.5 Å². The number of carbonyl (C=O) groups is 2. The maximum absolute atomic E-state index is 13.6. The Morgan fingerprint density at radius 3 is 2.56 bits per heavy atom. The number of aromatic nitrogens is 1. The molecular weight excluding hydrogens is 504 g/mol. The molecule has 1 aliphatic heterocycles.